The third-order valence-electron chi connectivity index (χ3n) is 2.30. The van der Waals surface area contributed by atoms with Crippen LogP contribution in [-0.4, -0.2) is 11.1 Å². The van der Waals surface area contributed by atoms with Crippen LogP contribution in [0.15, 0.2) is 42.5 Å². The zero-order valence-corrected chi connectivity index (χ0v) is 11.2. The molecule has 0 radical (unpaired) electrons. The van der Waals surface area contributed by atoms with E-state index < -0.39 is 6.03 Å². The van der Waals surface area contributed by atoms with E-state index in [1.807, 2.05) is 0 Å². The second-order valence-electron chi connectivity index (χ2n) is 3.75. The van der Waals surface area contributed by atoms with Gasteiger partial charge in [-0.05, 0) is 42.5 Å². The van der Waals surface area contributed by atoms with E-state index in [1.54, 1.807) is 30.3 Å². The van der Waals surface area contributed by atoms with Gasteiger partial charge in [0.05, 0.1) is 10.0 Å². The van der Waals surface area contributed by atoms with Crippen LogP contribution < -0.4 is 10.6 Å². The molecule has 0 aliphatic carbocycles. The predicted octanol–water partition coefficient (Wildman–Crippen LogP) is 4.34. The van der Waals surface area contributed by atoms with Crippen molar-refractivity contribution in [1.29, 1.82) is 0 Å². The molecule has 6 heteroatoms. The Balaban J connectivity index is 2.01. The molecule has 19 heavy (non-hydrogen) atoms. The number of phenols is 1. The first-order valence-electron chi connectivity index (χ1n) is 5.37. The van der Waals surface area contributed by atoms with E-state index in [-0.39, 0.29) is 5.75 Å². The molecule has 0 heterocycles. The Hall–Kier alpha value is -1.91. The summed E-state index contributed by atoms with van der Waals surface area (Å²) < 4.78 is 0. The van der Waals surface area contributed by atoms with Gasteiger partial charge in [0.2, 0.25) is 0 Å². The molecule has 0 aliphatic heterocycles. The van der Waals surface area contributed by atoms with Gasteiger partial charge in [0.1, 0.15) is 5.75 Å². The Morgan fingerprint density at radius 1 is 0.895 bits per heavy atom. The summed E-state index contributed by atoms with van der Waals surface area (Å²) in [6.45, 7) is 0. The maximum atomic E-state index is 11.7. The summed E-state index contributed by atoms with van der Waals surface area (Å²) in [5, 5.41) is 15.1. The average molecular weight is 297 g/mol. The molecular weight excluding hydrogens is 287 g/mol. The third kappa shape index (κ3) is 3.77. The van der Waals surface area contributed by atoms with Crippen LogP contribution in [0.3, 0.4) is 0 Å². The number of hydrogen-bond acceptors (Lipinski definition) is 2. The fraction of sp³-hybridized carbons (Fsp3) is 0. The Labute approximate surface area is 120 Å². The summed E-state index contributed by atoms with van der Waals surface area (Å²) in [6, 6.07) is 10.5. The first-order valence-corrected chi connectivity index (χ1v) is 6.12. The lowest BCUT2D eigenvalue weighted by Gasteiger charge is -2.08. The topological polar surface area (TPSA) is 61.4 Å². The fourth-order valence-electron chi connectivity index (χ4n) is 1.41. The second-order valence-corrected chi connectivity index (χ2v) is 4.57. The average Bonchev–Trinajstić information content (AvgIpc) is 2.37. The summed E-state index contributed by atoms with van der Waals surface area (Å²) in [5.74, 6) is 0.135. The summed E-state index contributed by atoms with van der Waals surface area (Å²) in [4.78, 5) is 11.7. The first kappa shape index (κ1) is 13.5. The number of urea groups is 1. The number of nitrogens with one attached hydrogen (secondary N) is 2. The van der Waals surface area contributed by atoms with E-state index >= 15 is 0 Å². The molecule has 0 atom stereocenters. The van der Waals surface area contributed by atoms with Gasteiger partial charge in [-0.2, -0.15) is 0 Å². The molecule has 0 aliphatic rings. The monoisotopic (exact) mass is 296 g/mol. The highest BCUT2D eigenvalue weighted by Gasteiger charge is 2.04. The molecule has 4 nitrogen and oxygen atoms in total. The number of phenolic OH excluding ortho intramolecular Hbond substituents is 1. The van der Waals surface area contributed by atoms with E-state index in [1.165, 1.54) is 12.1 Å². The van der Waals surface area contributed by atoms with Crippen LogP contribution in [0.2, 0.25) is 10.0 Å². The van der Waals surface area contributed by atoms with Crippen LogP contribution >= 0.6 is 23.2 Å². The van der Waals surface area contributed by atoms with Gasteiger partial charge in [0.15, 0.2) is 0 Å². The molecule has 0 fully saturated rings. The van der Waals surface area contributed by atoms with Crippen LogP contribution in [0.1, 0.15) is 0 Å². The number of rotatable bonds is 2. The van der Waals surface area contributed by atoms with Crippen molar-refractivity contribution >= 4 is 40.6 Å². The molecule has 0 saturated carbocycles. The molecule has 3 N–H and O–H groups in total. The van der Waals surface area contributed by atoms with Gasteiger partial charge in [-0.3, -0.25) is 0 Å². The summed E-state index contributed by atoms with van der Waals surface area (Å²) in [5.41, 5.74) is 1.10. The number of benzene rings is 2. The second kappa shape index (κ2) is 5.82. The number of hydrogen-bond donors (Lipinski definition) is 3. The van der Waals surface area contributed by atoms with Crippen LogP contribution in [-0.2, 0) is 0 Å². The number of carbonyl (C=O) groups is 1. The molecule has 0 spiro atoms. The maximum absolute atomic E-state index is 11.7. The van der Waals surface area contributed by atoms with Crippen molar-refractivity contribution in [3.8, 4) is 5.75 Å². The van der Waals surface area contributed by atoms with Gasteiger partial charge in [-0.25, -0.2) is 4.79 Å². The van der Waals surface area contributed by atoms with Crippen LogP contribution in [0, 0.1) is 0 Å². The highest BCUT2D eigenvalue weighted by atomic mass is 35.5. The van der Waals surface area contributed by atoms with Crippen LogP contribution in [0.4, 0.5) is 16.2 Å². The molecule has 2 aromatic carbocycles. The normalized spacial score (nSPS) is 10.0. The van der Waals surface area contributed by atoms with Gasteiger partial charge in [0, 0.05) is 11.4 Å². The van der Waals surface area contributed by atoms with Crippen molar-refractivity contribution in [2.24, 2.45) is 0 Å². The minimum absolute atomic E-state index is 0.135. The number of amides is 2. The Morgan fingerprint density at radius 3 is 2.11 bits per heavy atom. The number of carbonyl (C=O) groups excluding carboxylic acids is 1. The van der Waals surface area contributed by atoms with Gasteiger partial charge < -0.3 is 15.7 Å². The molecule has 0 bridgehead atoms. The van der Waals surface area contributed by atoms with Crippen molar-refractivity contribution in [3.63, 3.8) is 0 Å². The molecule has 2 amide bonds. The molecule has 2 rings (SSSR count). The largest absolute Gasteiger partial charge is 0.508 e. The molecule has 0 saturated heterocycles. The number of aromatic hydroxyl groups is 1. The smallest absolute Gasteiger partial charge is 0.323 e. The zero-order valence-electron chi connectivity index (χ0n) is 9.65. The fourth-order valence-corrected chi connectivity index (χ4v) is 1.71. The Bertz CT molecular complexity index is 600. The zero-order chi connectivity index (χ0) is 13.8. The lowest BCUT2D eigenvalue weighted by Crippen LogP contribution is -2.19. The van der Waals surface area contributed by atoms with E-state index in [0.29, 0.717) is 21.4 Å². The lowest BCUT2D eigenvalue weighted by molar-refractivity contribution is 0.262. The maximum Gasteiger partial charge on any atom is 0.323 e. The summed E-state index contributed by atoms with van der Waals surface area (Å²) >= 11 is 11.6. The van der Waals surface area contributed by atoms with Crippen molar-refractivity contribution in [1.82, 2.24) is 0 Å². The predicted molar refractivity (Wildman–Crippen MR) is 77.2 cm³/mol. The minimum Gasteiger partial charge on any atom is -0.508 e. The van der Waals surface area contributed by atoms with Crippen molar-refractivity contribution in [2.75, 3.05) is 10.6 Å². The van der Waals surface area contributed by atoms with Crippen molar-refractivity contribution in [2.45, 2.75) is 0 Å². The summed E-state index contributed by atoms with van der Waals surface area (Å²) in [7, 11) is 0. The molecule has 0 unspecified atom stereocenters. The summed E-state index contributed by atoms with van der Waals surface area (Å²) in [6.07, 6.45) is 0. The molecule has 2 aromatic rings. The highest BCUT2D eigenvalue weighted by molar-refractivity contribution is 6.42. The van der Waals surface area contributed by atoms with Gasteiger partial charge in [-0.1, -0.05) is 23.2 Å². The quantitative estimate of drug-likeness (QED) is 0.722. The standard InChI is InChI=1S/C13H10Cl2N2O2/c14-11-6-3-9(7-12(11)15)17-13(19)16-8-1-4-10(18)5-2-8/h1-7,18H,(H2,16,17,19). The molecule has 0 aromatic heterocycles. The van der Waals surface area contributed by atoms with Gasteiger partial charge >= 0.3 is 6.03 Å². The third-order valence-corrected chi connectivity index (χ3v) is 3.04. The minimum atomic E-state index is -0.413. The molecule has 98 valence electrons. The molecular formula is C13H10Cl2N2O2. The Kier molecular flexibility index (Phi) is 4.14. The number of anilines is 2. The van der Waals surface area contributed by atoms with Gasteiger partial charge in [0.25, 0.3) is 0 Å². The van der Waals surface area contributed by atoms with Crippen LogP contribution in [0.25, 0.3) is 0 Å². The van der Waals surface area contributed by atoms with E-state index in [9.17, 15) is 4.79 Å². The first-order chi connectivity index (χ1) is 9.04. The van der Waals surface area contributed by atoms with Gasteiger partial charge in [-0.15, -0.1) is 0 Å². The van der Waals surface area contributed by atoms with Crippen LogP contribution in [0.5, 0.6) is 5.75 Å². The van der Waals surface area contributed by atoms with E-state index in [0.717, 1.165) is 0 Å². The number of halogens is 2. The van der Waals surface area contributed by atoms with E-state index in [4.69, 9.17) is 28.3 Å². The van der Waals surface area contributed by atoms with Crippen molar-refractivity contribution < 1.29 is 9.90 Å². The lowest BCUT2D eigenvalue weighted by atomic mass is 10.3. The Morgan fingerprint density at radius 2 is 1.47 bits per heavy atom. The SMILES string of the molecule is O=C(Nc1ccc(O)cc1)Nc1ccc(Cl)c(Cl)c1. The van der Waals surface area contributed by atoms with E-state index in [2.05, 4.69) is 10.6 Å². The van der Waals surface area contributed by atoms with Crippen molar-refractivity contribution in [3.05, 3.63) is 52.5 Å². The highest BCUT2D eigenvalue weighted by Crippen LogP contribution is 2.25.